The number of Topliss-reactive ketones (excluding diaryl/α,β-unsaturated/α-hetero) is 1. The van der Waals surface area contributed by atoms with Gasteiger partial charge >= 0.3 is 0 Å². The van der Waals surface area contributed by atoms with Gasteiger partial charge in [-0.1, -0.05) is 17.8 Å². The van der Waals surface area contributed by atoms with Crippen molar-refractivity contribution in [3.63, 3.8) is 0 Å². The van der Waals surface area contributed by atoms with E-state index in [1.807, 2.05) is 19.2 Å². The van der Waals surface area contributed by atoms with E-state index in [0.29, 0.717) is 29.9 Å². The summed E-state index contributed by atoms with van der Waals surface area (Å²) in [6.07, 6.45) is 4.10. The highest BCUT2D eigenvalue weighted by Crippen LogP contribution is 2.42. The number of aromatic nitrogens is 3. The zero-order valence-corrected chi connectivity index (χ0v) is 15.5. The Labute approximate surface area is 155 Å². The van der Waals surface area contributed by atoms with Gasteiger partial charge in [0.25, 0.3) is 0 Å². The predicted octanol–water partition coefficient (Wildman–Crippen LogP) is 3.13. The van der Waals surface area contributed by atoms with Crippen molar-refractivity contribution in [3.8, 4) is 11.5 Å². The molecular formula is C18H20N4O3S. The Kier molecular flexibility index (Phi) is 4.36. The van der Waals surface area contributed by atoms with Crippen LogP contribution in [0, 0.1) is 0 Å². The summed E-state index contributed by atoms with van der Waals surface area (Å²) in [5.41, 5.74) is 2.49. The van der Waals surface area contributed by atoms with Gasteiger partial charge in [0.2, 0.25) is 11.1 Å². The van der Waals surface area contributed by atoms with E-state index >= 15 is 0 Å². The topological polar surface area (TPSA) is 89.3 Å². The van der Waals surface area contributed by atoms with Gasteiger partial charge in [-0.25, -0.2) is 4.68 Å². The summed E-state index contributed by atoms with van der Waals surface area (Å²) >= 11 is 1.46. The molecule has 4 rings (SSSR count). The number of phenolic OH excluding ortho intramolecular Hbond substituents is 1. The summed E-state index contributed by atoms with van der Waals surface area (Å²) in [6, 6.07) is 4.82. The molecule has 2 N–H and O–H groups in total. The lowest BCUT2D eigenvalue weighted by molar-refractivity contribution is -0.116. The summed E-state index contributed by atoms with van der Waals surface area (Å²) < 4.78 is 7.29. The van der Waals surface area contributed by atoms with Crippen LogP contribution in [-0.4, -0.2) is 38.5 Å². The van der Waals surface area contributed by atoms with Crippen LogP contribution in [0.1, 0.15) is 37.8 Å². The minimum Gasteiger partial charge on any atom is -0.504 e. The Bertz CT molecular complexity index is 906. The Hall–Kier alpha value is -2.48. The zero-order valence-electron chi connectivity index (χ0n) is 14.7. The van der Waals surface area contributed by atoms with Crippen molar-refractivity contribution in [2.24, 2.45) is 0 Å². The van der Waals surface area contributed by atoms with Crippen LogP contribution in [0.3, 0.4) is 0 Å². The normalized spacial score (nSPS) is 19.0. The maximum Gasteiger partial charge on any atom is 0.227 e. The third-order valence-electron chi connectivity index (χ3n) is 4.63. The van der Waals surface area contributed by atoms with Gasteiger partial charge in [-0.05, 0) is 43.7 Å². The number of thioether (sulfide) groups is 1. The molecule has 2 aliphatic rings. The molecule has 0 amide bonds. The monoisotopic (exact) mass is 372 g/mol. The summed E-state index contributed by atoms with van der Waals surface area (Å²) in [5.74, 6) is 1.25. The quantitative estimate of drug-likeness (QED) is 0.797. The van der Waals surface area contributed by atoms with Gasteiger partial charge in [-0.15, -0.1) is 5.10 Å². The number of hydrogen-bond donors (Lipinski definition) is 2. The summed E-state index contributed by atoms with van der Waals surface area (Å²) in [5, 5.41) is 18.5. The van der Waals surface area contributed by atoms with Crippen LogP contribution in [0.4, 0.5) is 5.95 Å². The van der Waals surface area contributed by atoms with E-state index < -0.39 is 0 Å². The molecule has 0 saturated carbocycles. The highest BCUT2D eigenvalue weighted by molar-refractivity contribution is 7.98. The number of carbonyl (C=O) groups excluding carboxylic acids is 1. The largest absolute Gasteiger partial charge is 0.504 e. The van der Waals surface area contributed by atoms with E-state index in [1.54, 1.807) is 16.8 Å². The van der Waals surface area contributed by atoms with Gasteiger partial charge in [0.15, 0.2) is 17.3 Å². The lowest BCUT2D eigenvalue weighted by Gasteiger charge is -2.32. The van der Waals surface area contributed by atoms with Crippen LogP contribution in [0.25, 0.3) is 0 Å². The number of ether oxygens (including phenoxy) is 1. The Morgan fingerprint density at radius 3 is 3.04 bits per heavy atom. The zero-order chi connectivity index (χ0) is 18.3. The Balaban J connectivity index is 1.88. The highest BCUT2D eigenvalue weighted by Gasteiger charge is 2.37. The van der Waals surface area contributed by atoms with Crippen LogP contribution in [0.5, 0.6) is 11.5 Å². The van der Waals surface area contributed by atoms with E-state index in [0.717, 1.165) is 29.7 Å². The minimum atomic E-state index is -0.373. The van der Waals surface area contributed by atoms with E-state index in [2.05, 4.69) is 15.4 Å². The van der Waals surface area contributed by atoms with Gasteiger partial charge in [0.1, 0.15) is 6.04 Å². The number of nitrogens with one attached hydrogen (secondary N) is 1. The molecule has 1 aliphatic heterocycles. The molecule has 1 aromatic carbocycles. The average molecular weight is 372 g/mol. The standard InChI is InChI=1S/C18H20N4O3S/c1-3-25-14-9-10(7-8-12(14)23)16-15-11(5-4-6-13(15)24)19-17-20-18(26-2)21-22(16)17/h7-9,16,23H,3-6H2,1-2H3,(H,19,20,21). The van der Waals surface area contributed by atoms with Crippen LogP contribution in [0.2, 0.25) is 0 Å². The second kappa shape index (κ2) is 6.68. The number of carbonyl (C=O) groups is 1. The number of phenols is 1. The maximum atomic E-state index is 12.7. The fraction of sp³-hybridized carbons (Fsp3) is 0.389. The summed E-state index contributed by atoms with van der Waals surface area (Å²) in [6.45, 7) is 2.31. The number of rotatable bonds is 4. The highest BCUT2D eigenvalue weighted by atomic mass is 32.2. The van der Waals surface area contributed by atoms with Gasteiger partial charge in [-0.2, -0.15) is 4.98 Å². The summed E-state index contributed by atoms with van der Waals surface area (Å²) in [4.78, 5) is 17.2. The minimum absolute atomic E-state index is 0.0809. The average Bonchev–Trinajstić information content (AvgIpc) is 3.05. The number of anilines is 1. The molecule has 0 saturated heterocycles. The number of benzene rings is 1. The van der Waals surface area contributed by atoms with Gasteiger partial charge in [0, 0.05) is 17.7 Å². The number of nitrogens with zero attached hydrogens (tertiary/aromatic N) is 3. The second-order valence-corrected chi connectivity index (χ2v) is 7.00. The molecule has 1 atom stereocenters. The van der Waals surface area contributed by atoms with Crippen LogP contribution < -0.4 is 10.1 Å². The van der Waals surface area contributed by atoms with Crippen LogP contribution in [0.15, 0.2) is 34.6 Å². The number of allylic oxidation sites excluding steroid dienone is 2. The molecule has 0 fully saturated rings. The van der Waals surface area contributed by atoms with Crippen molar-refractivity contribution >= 4 is 23.5 Å². The molecule has 7 nitrogen and oxygen atoms in total. The second-order valence-electron chi connectivity index (χ2n) is 6.22. The molecule has 1 aliphatic carbocycles. The number of fused-ring (bicyclic) bond motifs is 1. The Morgan fingerprint density at radius 2 is 2.27 bits per heavy atom. The fourth-order valence-electron chi connectivity index (χ4n) is 3.50. The SMILES string of the molecule is CCOc1cc(C2C3=C(CCCC3=O)Nc3nc(SC)nn32)ccc1O. The smallest absolute Gasteiger partial charge is 0.227 e. The first-order valence-corrected chi connectivity index (χ1v) is 9.84. The van der Waals surface area contributed by atoms with Crippen molar-refractivity contribution in [3.05, 3.63) is 35.0 Å². The molecule has 0 bridgehead atoms. The molecule has 0 spiro atoms. The first-order chi connectivity index (χ1) is 12.6. The number of ketones is 1. The van der Waals surface area contributed by atoms with Gasteiger partial charge in [0.05, 0.1) is 6.61 Å². The lowest BCUT2D eigenvalue weighted by atomic mass is 9.85. The van der Waals surface area contributed by atoms with Crippen LogP contribution >= 0.6 is 11.8 Å². The van der Waals surface area contributed by atoms with Crippen molar-refractivity contribution < 1.29 is 14.6 Å². The molecule has 2 heterocycles. The molecule has 8 heteroatoms. The first-order valence-electron chi connectivity index (χ1n) is 8.62. The first kappa shape index (κ1) is 17.0. The molecule has 0 radical (unpaired) electrons. The molecule has 1 aromatic heterocycles. The number of aromatic hydroxyl groups is 1. The van der Waals surface area contributed by atoms with Gasteiger partial charge in [-0.3, -0.25) is 4.79 Å². The molecule has 26 heavy (non-hydrogen) atoms. The van der Waals surface area contributed by atoms with Crippen molar-refractivity contribution in [1.82, 2.24) is 14.8 Å². The van der Waals surface area contributed by atoms with Crippen molar-refractivity contribution in [2.45, 2.75) is 37.4 Å². The summed E-state index contributed by atoms with van der Waals surface area (Å²) in [7, 11) is 0. The Morgan fingerprint density at radius 1 is 1.42 bits per heavy atom. The van der Waals surface area contributed by atoms with Crippen molar-refractivity contribution in [2.75, 3.05) is 18.2 Å². The van der Waals surface area contributed by atoms with Crippen molar-refractivity contribution in [1.29, 1.82) is 0 Å². The molecular weight excluding hydrogens is 352 g/mol. The third-order valence-corrected chi connectivity index (χ3v) is 5.17. The maximum absolute atomic E-state index is 12.7. The van der Waals surface area contributed by atoms with Gasteiger partial charge < -0.3 is 15.2 Å². The molecule has 136 valence electrons. The van der Waals surface area contributed by atoms with Crippen LogP contribution in [-0.2, 0) is 4.79 Å². The van der Waals surface area contributed by atoms with E-state index in [-0.39, 0.29) is 17.6 Å². The lowest BCUT2D eigenvalue weighted by Crippen LogP contribution is -2.31. The predicted molar refractivity (Wildman–Crippen MR) is 98.7 cm³/mol. The van der Waals surface area contributed by atoms with E-state index in [4.69, 9.17) is 4.74 Å². The number of hydrogen-bond acceptors (Lipinski definition) is 7. The fourth-order valence-corrected chi connectivity index (χ4v) is 3.85. The third kappa shape index (κ3) is 2.74. The molecule has 2 aromatic rings. The van der Waals surface area contributed by atoms with E-state index in [9.17, 15) is 9.90 Å². The van der Waals surface area contributed by atoms with E-state index in [1.165, 1.54) is 11.8 Å². The molecule has 1 unspecified atom stereocenters.